The number of Topliss-reactive ketones (excluding diaryl/α,β-unsaturated/α-hetero) is 1. The van der Waals surface area contributed by atoms with Gasteiger partial charge in [0.15, 0.2) is 18.1 Å². The number of ether oxygens (including phenoxy) is 3. The summed E-state index contributed by atoms with van der Waals surface area (Å²) < 4.78 is 15.8. The second-order valence-corrected chi connectivity index (χ2v) is 6.45. The number of aryl methyl sites for hydroxylation is 1. The van der Waals surface area contributed by atoms with Crippen molar-refractivity contribution in [3.63, 3.8) is 0 Å². The van der Waals surface area contributed by atoms with Gasteiger partial charge in [0.2, 0.25) is 5.78 Å². The molecular formula is C22H26O5. The van der Waals surface area contributed by atoms with E-state index in [0.717, 1.165) is 16.7 Å². The van der Waals surface area contributed by atoms with E-state index < -0.39 is 5.97 Å². The van der Waals surface area contributed by atoms with Crippen molar-refractivity contribution in [2.24, 2.45) is 0 Å². The topological polar surface area (TPSA) is 61.8 Å². The van der Waals surface area contributed by atoms with Gasteiger partial charge in [-0.3, -0.25) is 9.59 Å². The molecule has 0 aliphatic heterocycles. The van der Waals surface area contributed by atoms with Crippen LogP contribution in [0.15, 0.2) is 30.3 Å². The van der Waals surface area contributed by atoms with Crippen molar-refractivity contribution in [2.75, 3.05) is 20.3 Å². The lowest BCUT2D eigenvalue weighted by molar-refractivity contribution is -0.143. The van der Waals surface area contributed by atoms with Gasteiger partial charge in [-0.25, -0.2) is 0 Å². The number of ketones is 1. The number of benzene rings is 2. The molecule has 0 bridgehead atoms. The summed E-state index contributed by atoms with van der Waals surface area (Å²) >= 11 is 0. The van der Waals surface area contributed by atoms with Crippen LogP contribution in [0.5, 0.6) is 11.5 Å². The number of carbonyl (C=O) groups is 2. The third kappa shape index (κ3) is 5.09. The lowest BCUT2D eigenvalue weighted by Crippen LogP contribution is -2.17. The molecule has 27 heavy (non-hydrogen) atoms. The summed E-state index contributed by atoms with van der Waals surface area (Å²) in [7, 11) is 1.55. The lowest BCUT2D eigenvalue weighted by atomic mass is 9.93. The van der Waals surface area contributed by atoms with Gasteiger partial charge in [-0.15, -0.1) is 0 Å². The smallest absolute Gasteiger partial charge is 0.309 e. The van der Waals surface area contributed by atoms with Crippen LogP contribution < -0.4 is 9.47 Å². The van der Waals surface area contributed by atoms with Gasteiger partial charge in [0.1, 0.15) is 0 Å². The van der Waals surface area contributed by atoms with Crippen molar-refractivity contribution in [3.05, 3.63) is 58.1 Å². The Morgan fingerprint density at radius 2 is 1.59 bits per heavy atom. The minimum atomic E-state index is -0.476. The molecule has 0 atom stereocenters. The fourth-order valence-corrected chi connectivity index (χ4v) is 2.78. The van der Waals surface area contributed by atoms with Gasteiger partial charge in [-0.2, -0.15) is 0 Å². The fourth-order valence-electron chi connectivity index (χ4n) is 2.78. The first-order valence-corrected chi connectivity index (χ1v) is 8.87. The first kappa shape index (κ1) is 20.5. The van der Waals surface area contributed by atoms with E-state index in [-0.39, 0.29) is 25.4 Å². The average Bonchev–Trinajstić information content (AvgIpc) is 2.67. The highest BCUT2D eigenvalue weighted by atomic mass is 16.5. The normalized spacial score (nSPS) is 10.4. The van der Waals surface area contributed by atoms with E-state index in [1.54, 1.807) is 19.2 Å². The summed E-state index contributed by atoms with van der Waals surface area (Å²) in [5, 5.41) is 0. The van der Waals surface area contributed by atoms with Gasteiger partial charge < -0.3 is 14.2 Å². The molecule has 2 rings (SSSR count). The fraction of sp³-hybridized carbons (Fsp3) is 0.364. The van der Waals surface area contributed by atoms with Crippen molar-refractivity contribution < 1.29 is 23.8 Å². The van der Waals surface area contributed by atoms with Crippen molar-refractivity contribution in [2.45, 2.75) is 34.1 Å². The Morgan fingerprint density at radius 3 is 2.26 bits per heavy atom. The highest BCUT2D eigenvalue weighted by Crippen LogP contribution is 2.26. The molecular weight excluding hydrogens is 344 g/mol. The first-order valence-electron chi connectivity index (χ1n) is 8.87. The summed E-state index contributed by atoms with van der Waals surface area (Å²) in [6.07, 6.45) is 0.0518. The number of hydrogen-bond donors (Lipinski definition) is 0. The Morgan fingerprint density at radius 1 is 0.926 bits per heavy atom. The molecule has 0 amide bonds. The maximum Gasteiger partial charge on any atom is 0.309 e. The summed E-state index contributed by atoms with van der Waals surface area (Å²) in [6, 6.07) is 9.06. The van der Waals surface area contributed by atoms with Crippen molar-refractivity contribution in [1.29, 1.82) is 0 Å². The minimum Gasteiger partial charge on any atom is -0.493 e. The molecule has 2 aromatic carbocycles. The van der Waals surface area contributed by atoms with Gasteiger partial charge in [0.05, 0.1) is 20.1 Å². The molecule has 0 fully saturated rings. The summed E-state index contributed by atoms with van der Waals surface area (Å²) in [5.74, 6) is 0.487. The predicted molar refractivity (Wildman–Crippen MR) is 104 cm³/mol. The van der Waals surface area contributed by atoms with Gasteiger partial charge in [0, 0.05) is 5.56 Å². The summed E-state index contributed by atoms with van der Waals surface area (Å²) in [4.78, 5) is 24.4. The van der Waals surface area contributed by atoms with Crippen LogP contribution in [0.2, 0.25) is 0 Å². The average molecular weight is 370 g/mol. The van der Waals surface area contributed by atoms with E-state index in [9.17, 15) is 9.59 Å². The van der Waals surface area contributed by atoms with E-state index in [4.69, 9.17) is 14.2 Å². The molecule has 0 spiro atoms. The van der Waals surface area contributed by atoms with Gasteiger partial charge >= 0.3 is 5.97 Å². The number of para-hydroxylation sites is 2. The van der Waals surface area contributed by atoms with Crippen LogP contribution in [0.1, 0.15) is 39.0 Å². The minimum absolute atomic E-state index is 0.0518. The zero-order valence-electron chi connectivity index (χ0n) is 16.5. The molecule has 0 heterocycles. The number of methoxy groups -OCH3 is 1. The van der Waals surface area contributed by atoms with E-state index in [0.29, 0.717) is 17.1 Å². The Balaban J connectivity index is 1.86. The molecule has 0 aliphatic rings. The first-order chi connectivity index (χ1) is 12.8. The van der Waals surface area contributed by atoms with Crippen LogP contribution in [-0.4, -0.2) is 32.1 Å². The monoisotopic (exact) mass is 370 g/mol. The van der Waals surface area contributed by atoms with Crippen LogP contribution in [0.25, 0.3) is 0 Å². The van der Waals surface area contributed by atoms with Crippen molar-refractivity contribution >= 4 is 11.8 Å². The molecule has 0 aliphatic carbocycles. The highest BCUT2D eigenvalue weighted by Gasteiger charge is 2.16. The maximum absolute atomic E-state index is 12.4. The van der Waals surface area contributed by atoms with Crippen LogP contribution in [0.4, 0.5) is 0 Å². The molecule has 5 nitrogen and oxygen atoms in total. The number of hydrogen-bond acceptors (Lipinski definition) is 5. The Kier molecular flexibility index (Phi) is 6.99. The second kappa shape index (κ2) is 9.21. The third-order valence-corrected chi connectivity index (χ3v) is 4.78. The van der Waals surface area contributed by atoms with Crippen molar-refractivity contribution in [1.82, 2.24) is 0 Å². The Labute approximate surface area is 160 Å². The predicted octanol–water partition coefficient (Wildman–Crippen LogP) is 4.12. The van der Waals surface area contributed by atoms with E-state index in [1.807, 2.05) is 45.9 Å². The molecule has 144 valence electrons. The van der Waals surface area contributed by atoms with Crippen LogP contribution in [0, 0.1) is 27.7 Å². The number of carbonyl (C=O) groups excluding carboxylic acids is 2. The Bertz CT molecular complexity index is 839. The molecule has 0 N–H and O–H groups in total. The maximum atomic E-state index is 12.4. The van der Waals surface area contributed by atoms with Gasteiger partial charge in [0.25, 0.3) is 0 Å². The number of esters is 1. The second-order valence-electron chi connectivity index (χ2n) is 6.45. The molecule has 0 aromatic heterocycles. The molecule has 0 unspecified atom stereocenters. The van der Waals surface area contributed by atoms with E-state index in [2.05, 4.69) is 0 Å². The lowest BCUT2D eigenvalue weighted by Gasteiger charge is -2.14. The van der Waals surface area contributed by atoms with E-state index in [1.165, 1.54) is 5.56 Å². The number of rotatable bonds is 8. The van der Waals surface area contributed by atoms with E-state index >= 15 is 0 Å². The van der Waals surface area contributed by atoms with Crippen molar-refractivity contribution in [3.8, 4) is 11.5 Å². The zero-order chi connectivity index (χ0) is 20.0. The zero-order valence-corrected chi connectivity index (χ0v) is 16.5. The highest BCUT2D eigenvalue weighted by molar-refractivity contribution is 5.99. The van der Waals surface area contributed by atoms with Crippen LogP contribution in [-0.2, 0) is 9.53 Å². The standard InChI is InChI=1S/C22H26O5/c1-14-12-18(17(4)16(3)15(14)2)19(23)13-27-22(24)10-11-26-21-9-7-6-8-20(21)25-5/h6-9,12H,10-11,13H2,1-5H3. The SMILES string of the molecule is COc1ccccc1OCCC(=O)OCC(=O)c1cc(C)c(C)c(C)c1C. The molecule has 2 aromatic rings. The largest absolute Gasteiger partial charge is 0.493 e. The quantitative estimate of drug-likeness (QED) is 0.517. The summed E-state index contributed by atoms with van der Waals surface area (Å²) in [6.45, 7) is 7.80. The van der Waals surface area contributed by atoms with Gasteiger partial charge in [-0.1, -0.05) is 12.1 Å². The van der Waals surface area contributed by atoms with Crippen LogP contribution >= 0.6 is 0 Å². The molecule has 5 heteroatoms. The molecule has 0 saturated carbocycles. The third-order valence-electron chi connectivity index (χ3n) is 4.78. The molecule has 0 saturated heterocycles. The van der Waals surface area contributed by atoms with Crippen LogP contribution in [0.3, 0.4) is 0 Å². The Hall–Kier alpha value is -2.82. The summed E-state index contributed by atoms with van der Waals surface area (Å²) in [5.41, 5.74) is 4.86. The van der Waals surface area contributed by atoms with Gasteiger partial charge in [-0.05, 0) is 68.1 Å². The molecule has 0 radical (unpaired) electrons.